The summed E-state index contributed by atoms with van der Waals surface area (Å²) in [5.74, 6) is 1.23. The molecule has 0 spiro atoms. The van der Waals surface area contributed by atoms with E-state index in [2.05, 4.69) is 10.3 Å². The van der Waals surface area contributed by atoms with Gasteiger partial charge < -0.3 is 15.0 Å². The number of piperidine rings is 1. The summed E-state index contributed by atoms with van der Waals surface area (Å²) < 4.78 is 5.14. The van der Waals surface area contributed by atoms with Gasteiger partial charge in [0.25, 0.3) is 5.91 Å². The standard InChI is InChI=1S/C20H25N3O3S/c1-3-18(24)21-12-16-13-27-19(22-16)14-8-10-23(11-9-14)20(25)15-4-6-17(26-2)7-5-15/h4-7,13-14H,3,8-12H2,1-2H3,(H,21,24). The van der Waals surface area contributed by atoms with Crippen LogP contribution in [0.3, 0.4) is 0 Å². The predicted octanol–water partition coefficient (Wildman–Crippen LogP) is 3.20. The van der Waals surface area contributed by atoms with E-state index in [-0.39, 0.29) is 11.8 Å². The van der Waals surface area contributed by atoms with Crippen LogP contribution in [0.4, 0.5) is 0 Å². The number of thiazole rings is 1. The van der Waals surface area contributed by atoms with E-state index >= 15 is 0 Å². The van der Waals surface area contributed by atoms with Gasteiger partial charge in [0.1, 0.15) is 5.75 Å². The van der Waals surface area contributed by atoms with Crippen molar-refractivity contribution < 1.29 is 14.3 Å². The van der Waals surface area contributed by atoms with Crippen molar-refractivity contribution in [2.75, 3.05) is 20.2 Å². The Morgan fingerprint density at radius 3 is 2.59 bits per heavy atom. The fourth-order valence-corrected chi connectivity index (χ4v) is 4.14. The van der Waals surface area contributed by atoms with Crippen LogP contribution in [-0.2, 0) is 11.3 Å². The minimum Gasteiger partial charge on any atom is -0.497 e. The third-order valence-corrected chi connectivity index (χ3v) is 5.88. The number of carbonyl (C=O) groups excluding carboxylic acids is 2. The van der Waals surface area contributed by atoms with Gasteiger partial charge in [0.2, 0.25) is 5.91 Å². The molecule has 1 aromatic carbocycles. The number of aromatic nitrogens is 1. The Hall–Kier alpha value is -2.41. The normalized spacial score (nSPS) is 14.8. The van der Waals surface area contributed by atoms with Crippen molar-refractivity contribution in [2.24, 2.45) is 0 Å². The largest absolute Gasteiger partial charge is 0.497 e. The molecule has 144 valence electrons. The molecule has 0 atom stereocenters. The molecule has 1 aliphatic rings. The van der Waals surface area contributed by atoms with E-state index in [4.69, 9.17) is 4.74 Å². The number of methoxy groups -OCH3 is 1. The number of carbonyl (C=O) groups is 2. The molecule has 6 nitrogen and oxygen atoms in total. The molecule has 1 aromatic heterocycles. The van der Waals surface area contributed by atoms with Gasteiger partial charge in [-0.2, -0.15) is 0 Å². The fraction of sp³-hybridized carbons (Fsp3) is 0.450. The lowest BCUT2D eigenvalue weighted by atomic mass is 9.97. The molecular weight excluding hydrogens is 362 g/mol. The smallest absolute Gasteiger partial charge is 0.253 e. The van der Waals surface area contributed by atoms with Gasteiger partial charge in [0, 0.05) is 36.4 Å². The number of amides is 2. The van der Waals surface area contributed by atoms with Crippen molar-refractivity contribution in [1.29, 1.82) is 0 Å². The number of nitrogens with zero attached hydrogens (tertiary/aromatic N) is 2. The summed E-state index contributed by atoms with van der Waals surface area (Å²) >= 11 is 1.65. The average molecular weight is 388 g/mol. The van der Waals surface area contributed by atoms with Gasteiger partial charge in [-0.05, 0) is 37.1 Å². The monoisotopic (exact) mass is 387 g/mol. The minimum absolute atomic E-state index is 0.0369. The number of ether oxygens (including phenoxy) is 1. The van der Waals surface area contributed by atoms with Crippen LogP contribution in [-0.4, -0.2) is 41.9 Å². The van der Waals surface area contributed by atoms with Gasteiger partial charge in [-0.1, -0.05) is 6.92 Å². The zero-order valence-electron chi connectivity index (χ0n) is 15.7. The summed E-state index contributed by atoms with van der Waals surface area (Å²) in [5, 5.41) is 5.97. The topological polar surface area (TPSA) is 71.5 Å². The molecule has 0 aliphatic carbocycles. The first-order chi connectivity index (χ1) is 13.1. The molecule has 3 rings (SSSR count). The molecule has 0 radical (unpaired) electrons. The maximum Gasteiger partial charge on any atom is 0.253 e. The third kappa shape index (κ3) is 4.86. The summed E-state index contributed by atoms with van der Waals surface area (Å²) in [6.07, 6.45) is 2.31. The van der Waals surface area contributed by atoms with Gasteiger partial charge >= 0.3 is 0 Å². The number of hydrogen-bond donors (Lipinski definition) is 1. The molecule has 2 heterocycles. The number of likely N-dealkylation sites (tertiary alicyclic amines) is 1. The molecule has 0 saturated carbocycles. The van der Waals surface area contributed by atoms with Crippen LogP contribution in [0.1, 0.15) is 53.2 Å². The summed E-state index contributed by atoms with van der Waals surface area (Å²) in [7, 11) is 1.61. The Morgan fingerprint density at radius 2 is 1.96 bits per heavy atom. The molecule has 1 aliphatic heterocycles. The van der Waals surface area contributed by atoms with Crippen LogP contribution in [0.15, 0.2) is 29.6 Å². The lowest BCUT2D eigenvalue weighted by molar-refractivity contribution is -0.120. The van der Waals surface area contributed by atoms with Crippen LogP contribution in [0, 0.1) is 0 Å². The number of rotatable bonds is 6. The van der Waals surface area contributed by atoms with E-state index in [1.807, 2.05) is 41.5 Å². The maximum atomic E-state index is 12.7. The van der Waals surface area contributed by atoms with Crippen molar-refractivity contribution in [1.82, 2.24) is 15.2 Å². The molecule has 2 amide bonds. The second-order valence-electron chi connectivity index (χ2n) is 6.60. The first kappa shape index (κ1) is 19.4. The second-order valence-corrected chi connectivity index (χ2v) is 7.49. The summed E-state index contributed by atoms with van der Waals surface area (Å²) in [6, 6.07) is 7.25. The summed E-state index contributed by atoms with van der Waals surface area (Å²) in [4.78, 5) is 30.6. The highest BCUT2D eigenvalue weighted by molar-refractivity contribution is 7.09. The zero-order chi connectivity index (χ0) is 19.2. The van der Waals surface area contributed by atoms with Gasteiger partial charge in [0.15, 0.2) is 0 Å². The molecule has 1 N–H and O–H groups in total. The Morgan fingerprint density at radius 1 is 1.26 bits per heavy atom. The quantitative estimate of drug-likeness (QED) is 0.826. The predicted molar refractivity (Wildman–Crippen MR) is 105 cm³/mol. The van der Waals surface area contributed by atoms with Crippen molar-refractivity contribution in [2.45, 2.75) is 38.6 Å². The minimum atomic E-state index is 0.0369. The number of benzene rings is 1. The lowest BCUT2D eigenvalue weighted by Crippen LogP contribution is -2.37. The Labute approximate surface area is 163 Å². The van der Waals surface area contributed by atoms with Crippen LogP contribution in [0.25, 0.3) is 0 Å². The third-order valence-electron chi connectivity index (χ3n) is 4.83. The van der Waals surface area contributed by atoms with Gasteiger partial charge in [-0.3, -0.25) is 9.59 Å². The van der Waals surface area contributed by atoms with Gasteiger partial charge in [-0.15, -0.1) is 11.3 Å². The Kier molecular flexibility index (Phi) is 6.45. The van der Waals surface area contributed by atoms with E-state index in [0.717, 1.165) is 42.4 Å². The van der Waals surface area contributed by atoms with E-state index in [9.17, 15) is 9.59 Å². The summed E-state index contributed by atoms with van der Waals surface area (Å²) in [6.45, 7) is 3.79. The van der Waals surface area contributed by atoms with E-state index in [1.165, 1.54) is 0 Å². The summed E-state index contributed by atoms with van der Waals surface area (Å²) in [5.41, 5.74) is 1.60. The molecule has 2 aromatic rings. The first-order valence-corrected chi connectivity index (χ1v) is 10.1. The molecule has 1 fully saturated rings. The molecule has 1 saturated heterocycles. The van der Waals surface area contributed by atoms with E-state index in [0.29, 0.717) is 24.4 Å². The maximum absolute atomic E-state index is 12.7. The average Bonchev–Trinajstić information content (AvgIpc) is 3.20. The fourth-order valence-electron chi connectivity index (χ4n) is 3.15. The van der Waals surface area contributed by atoms with E-state index < -0.39 is 0 Å². The van der Waals surface area contributed by atoms with Gasteiger partial charge in [-0.25, -0.2) is 4.98 Å². The Balaban J connectivity index is 1.53. The van der Waals surface area contributed by atoms with Crippen LogP contribution < -0.4 is 10.1 Å². The molecule has 27 heavy (non-hydrogen) atoms. The number of nitrogens with one attached hydrogen (secondary N) is 1. The molecule has 0 unspecified atom stereocenters. The molecule has 0 bridgehead atoms. The second kappa shape index (κ2) is 8.99. The van der Waals surface area contributed by atoms with Crippen LogP contribution >= 0.6 is 11.3 Å². The van der Waals surface area contributed by atoms with E-state index in [1.54, 1.807) is 18.4 Å². The Bertz CT molecular complexity index is 780. The van der Waals surface area contributed by atoms with Crippen LogP contribution in [0.5, 0.6) is 5.75 Å². The highest BCUT2D eigenvalue weighted by atomic mass is 32.1. The van der Waals surface area contributed by atoms with Crippen molar-refractivity contribution >= 4 is 23.2 Å². The SMILES string of the molecule is CCC(=O)NCc1csc(C2CCN(C(=O)c3ccc(OC)cc3)CC2)n1. The zero-order valence-corrected chi connectivity index (χ0v) is 16.6. The lowest BCUT2D eigenvalue weighted by Gasteiger charge is -2.31. The van der Waals surface area contributed by atoms with Crippen molar-refractivity contribution in [3.05, 3.63) is 45.9 Å². The van der Waals surface area contributed by atoms with Crippen LogP contribution in [0.2, 0.25) is 0 Å². The van der Waals surface area contributed by atoms with Crippen molar-refractivity contribution in [3.8, 4) is 5.75 Å². The highest BCUT2D eigenvalue weighted by Crippen LogP contribution is 2.31. The number of hydrogen-bond acceptors (Lipinski definition) is 5. The molecule has 7 heteroatoms. The first-order valence-electron chi connectivity index (χ1n) is 9.25. The van der Waals surface area contributed by atoms with Crippen molar-refractivity contribution in [3.63, 3.8) is 0 Å². The molecular formula is C20H25N3O3S. The highest BCUT2D eigenvalue weighted by Gasteiger charge is 2.26. The van der Waals surface area contributed by atoms with Gasteiger partial charge in [0.05, 0.1) is 24.4 Å².